The molecule has 0 amide bonds. The minimum absolute atomic E-state index is 0.335. The average molecular weight is 244 g/mol. The fourth-order valence-corrected chi connectivity index (χ4v) is 2.15. The van der Waals surface area contributed by atoms with Gasteiger partial charge in [-0.25, -0.2) is 4.39 Å². The topological polar surface area (TPSA) is 38.9 Å². The third-order valence-corrected chi connectivity index (χ3v) is 3.30. The molecule has 0 aliphatic heterocycles. The molecule has 18 heavy (non-hydrogen) atoms. The highest BCUT2D eigenvalue weighted by Crippen LogP contribution is 2.28. The molecule has 2 aromatic rings. The number of rotatable bonds is 4. The molecule has 1 aromatic carbocycles. The van der Waals surface area contributed by atoms with Crippen LogP contribution in [0.4, 0.5) is 4.39 Å². The predicted molar refractivity (Wildman–Crippen MR) is 70.5 cm³/mol. The van der Waals surface area contributed by atoms with E-state index in [0.29, 0.717) is 18.4 Å². The maximum atomic E-state index is 13.8. The highest BCUT2D eigenvalue weighted by atomic mass is 19.1. The number of hydrogen-bond donors (Lipinski definition) is 1. The number of benzene rings is 1. The van der Waals surface area contributed by atoms with Crippen molar-refractivity contribution in [3.05, 3.63) is 65.7 Å². The van der Waals surface area contributed by atoms with Crippen LogP contribution in [-0.2, 0) is 12.0 Å². The van der Waals surface area contributed by atoms with E-state index in [9.17, 15) is 4.39 Å². The molecular formula is C15H17FN2. The lowest BCUT2D eigenvalue weighted by molar-refractivity contribution is 0.401. The van der Waals surface area contributed by atoms with Gasteiger partial charge in [-0.1, -0.05) is 37.3 Å². The normalized spacial score (nSPS) is 14.2. The van der Waals surface area contributed by atoms with Crippen LogP contribution in [0.5, 0.6) is 0 Å². The summed E-state index contributed by atoms with van der Waals surface area (Å²) < 4.78 is 13.8. The Morgan fingerprint density at radius 2 is 1.94 bits per heavy atom. The molecule has 94 valence electrons. The van der Waals surface area contributed by atoms with E-state index >= 15 is 0 Å². The Bertz CT molecular complexity index is 513. The van der Waals surface area contributed by atoms with Gasteiger partial charge < -0.3 is 5.73 Å². The van der Waals surface area contributed by atoms with Crippen LogP contribution in [0, 0.1) is 5.82 Å². The fourth-order valence-electron chi connectivity index (χ4n) is 2.15. The van der Waals surface area contributed by atoms with E-state index < -0.39 is 5.54 Å². The van der Waals surface area contributed by atoms with Crippen LogP contribution in [0.15, 0.2) is 48.8 Å². The number of hydrogen-bond acceptors (Lipinski definition) is 2. The first kappa shape index (κ1) is 12.7. The van der Waals surface area contributed by atoms with Crippen LogP contribution >= 0.6 is 0 Å². The molecular weight excluding hydrogens is 227 g/mol. The molecule has 1 atom stereocenters. The Balaban J connectivity index is 2.34. The maximum Gasteiger partial charge on any atom is 0.146 e. The molecule has 0 spiro atoms. The Labute approximate surface area is 107 Å². The maximum absolute atomic E-state index is 13.8. The van der Waals surface area contributed by atoms with E-state index in [-0.39, 0.29) is 5.82 Å². The van der Waals surface area contributed by atoms with E-state index in [4.69, 9.17) is 5.73 Å². The van der Waals surface area contributed by atoms with Crippen molar-refractivity contribution in [1.82, 2.24) is 4.98 Å². The van der Waals surface area contributed by atoms with Crippen molar-refractivity contribution in [2.24, 2.45) is 5.73 Å². The van der Waals surface area contributed by atoms with Crippen LogP contribution in [0.1, 0.15) is 24.5 Å². The van der Waals surface area contributed by atoms with Crippen molar-refractivity contribution in [2.45, 2.75) is 25.3 Å². The van der Waals surface area contributed by atoms with Crippen molar-refractivity contribution < 1.29 is 4.39 Å². The molecule has 0 saturated carbocycles. The van der Waals surface area contributed by atoms with Gasteiger partial charge in [0.15, 0.2) is 0 Å². The lowest BCUT2D eigenvalue weighted by Gasteiger charge is -2.29. The van der Waals surface area contributed by atoms with Gasteiger partial charge in [0, 0.05) is 17.3 Å². The Kier molecular flexibility index (Phi) is 3.72. The second-order valence-corrected chi connectivity index (χ2v) is 4.53. The lowest BCUT2D eigenvalue weighted by Crippen LogP contribution is -2.39. The quantitative estimate of drug-likeness (QED) is 0.897. The second kappa shape index (κ2) is 5.27. The molecule has 0 fully saturated rings. The molecule has 1 unspecified atom stereocenters. The molecule has 2 rings (SSSR count). The summed E-state index contributed by atoms with van der Waals surface area (Å²) in [5, 5.41) is 0. The van der Waals surface area contributed by atoms with Gasteiger partial charge in [0.1, 0.15) is 5.82 Å². The third-order valence-electron chi connectivity index (χ3n) is 3.30. The molecule has 0 radical (unpaired) electrons. The summed E-state index contributed by atoms with van der Waals surface area (Å²) in [6, 6.07) is 11.6. The summed E-state index contributed by atoms with van der Waals surface area (Å²) in [5.41, 5.74) is 7.34. The molecule has 1 aromatic heterocycles. The largest absolute Gasteiger partial charge is 0.321 e. The molecule has 2 nitrogen and oxygen atoms in total. The summed E-state index contributed by atoms with van der Waals surface area (Å²) in [4.78, 5) is 3.77. The van der Waals surface area contributed by atoms with Gasteiger partial charge in [-0.2, -0.15) is 0 Å². The molecule has 2 N–H and O–H groups in total. The molecule has 1 heterocycles. The number of nitrogens with zero attached hydrogens (tertiary/aromatic N) is 1. The lowest BCUT2D eigenvalue weighted by atomic mass is 9.83. The summed E-state index contributed by atoms with van der Waals surface area (Å²) in [5.74, 6) is -0.335. The Morgan fingerprint density at radius 1 is 1.22 bits per heavy atom. The molecule has 0 aliphatic carbocycles. The van der Waals surface area contributed by atoms with Gasteiger partial charge in [-0.05, 0) is 24.5 Å². The Hall–Kier alpha value is -1.74. The van der Waals surface area contributed by atoms with Gasteiger partial charge in [-0.15, -0.1) is 0 Å². The third kappa shape index (κ3) is 2.57. The standard InChI is InChI=1S/C15H17FN2/c1-2-15(17,10-12-6-4-3-5-7-12)13-8-9-18-11-14(13)16/h3-9,11H,2,10,17H2,1H3. The van der Waals surface area contributed by atoms with Gasteiger partial charge in [0.25, 0.3) is 0 Å². The number of pyridine rings is 1. The summed E-state index contributed by atoms with van der Waals surface area (Å²) in [7, 11) is 0. The molecule has 0 aliphatic rings. The fraction of sp³-hybridized carbons (Fsp3) is 0.267. The zero-order valence-corrected chi connectivity index (χ0v) is 10.4. The first-order valence-corrected chi connectivity index (χ1v) is 6.08. The van der Waals surface area contributed by atoms with Crippen molar-refractivity contribution in [3.63, 3.8) is 0 Å². The highest BCUT2D eigenvalue weighted by Gasteiger charge is 2.28. The minimum Gasteiger partial charge on any atom is -0.321 e. The predicted octanol–water partition coefficient (Wildman–Crippen LogP) is 3.03. The summed E-state index contributed by atoms with van der Waals surface area (Å²) in [6.07, 6.45) is 4.09. The monoisotopic (exact) mass is 244 g/mol. The van der Waals surface area contributed by atoms with E-state index in [2.05, 4.69) is 4.98 Å². The van der Waals surface area contributed by atoms with E-state index in [1.54, 1.807) is 12.3 Å². The van der Waals surface area contributed by atoms with Crippen LogP contribution in [0.3, 0.4) is 0 Å². The highest BCUT2D eigenvalue weighted by molar-refractivity contribution is 5.27. The van der Waals surface area contributed by atoms with Crippen LogP contribution in [0.2, 0.25) is 0 Å². The number of halogens is 1. The van der Waals surface area contributed by atoms with Crippen LogP contribution in [0.25, 0.3) is 0 Å². The van der Waals surface area contributed by atoms with Gasteiger partial charge in [0.2, 0.25) is 0 Å². The van der Waals surface area contributed by atoms with Gasteiger partial charge in [0.05, 0.1) is 6.20 Å². The van der Waals surface area contributed by atoms with Gasteiger partial charge in [-0.3, -0.25) is 4.98 Å². The summed E-state index contributed by atoms with van der Waals surface area (Å²) >= 11 is 0. The smallest absolute Gasteiger partial charge is 0.146 e. The Morgan fingerprint density at radius 3 is 2.56 bits per heavy atom. The van der Waals surface area contributed by atoms with Gasteiger partial charge >= 0.3 is 0 Å². The number of nitrogens with two attached hydrogens (primary N) is 1. The van der Waals surface area contributed by atoms with E-state index in [0.717, 1.165) is 5.56 Å². The average Bonchev–Trinajstić information content (AvgIpc) is 2.40. The first-order chi connectivity index (χ1) is 8.65. The van der Waals surface area contributed by atoms with Crippen molar-refractivity contribution in [3.8, 4) is 0 Å². The SMILES string of the molecule is CCC(N)(Cc1ccccc1)c1ccncc1F. The molecule has 0 saturated heterocycles. The van der Waals surface area contributed by atoms with Crippen molar-refractivity contribution in [1.29, 1.82) is 0 Å². The zero-order valence-electron chi connectivity index (χ0n) is 10.4. The van der Waals surface area contributed by atoms with E-state index in [1.165, 1.54) is 6.20 Å². The second-order valence-electron chi connectivity index (χ2n) is 4.53. The van der Waals surface area contributed by atoms with Crippen molar-refractivity contribution in [2.75, 3.05) is 0 Å². The van der Waals surface area contributed by atoms with Crippen LogP contribution < -0.4 is 5.73 Å². The van der Waals surface area contributed by atoms with Crippen LogP contribution in [-0.4, -0.2) is 4.98 Å². The zero-order chi connectivity index (χ0) is 13.0. The summed E-state index contributed by atoms with van der Waals surface area (Å²) in [6.45, 7) is 1.98. The molecule has 0 bridgehead atoms. The number of aromatic nitrogens is 1. The minimum atomic E-state index is -0.686. The molecule has 3 heteroatoms. The van der Waals surface area contributed by atoms with Crippen molar-refractivity contribution >= 4 is 0 Å². The van der Waals surface area contributed by atoms with E-state index in [1.807, 2.05) is 37.3 Å². The first-order valence-electron chi connectivity index (χ1n) is 6.08.